The SMILES string of the molecule is Nc1nc(SCc2cccc(Cl)c2)[nH]c(=O)c1NC(=O)c1ccccc1. The first-order valence-corrected chi connectivity index (χ1v) is 9.03. The number of nitrogen functional groups attached to an aromatic ring is 1. The average Bonchev–Trinajstić information content (AvgIpc) is 2.63. The van der Waals surface area contributed by atoms with Gasteiger partial charge < -0.3 is 11.1 Å². The summed E-state index contributed by atoms with van der Waals surface area (Å²) in [4.78, 5) is 31.2. The van der Waals surface area contributed by atoms with Crippen molar-refractivity contribution in [2.24, 2.45) is 0 Å². The predicted octanol–water partition coefficient (Wildman–Crippen LogP) is 3.55. The summed E-state index contributed by atoms with van der Waals surface area (Å²) in [6.07, 6.45) is 0. The summed E-state index contributed by atoms with van der Waals surface area (Å²) in [5.74, 6) is 0.106. The molecule has 0 saturated carbocycles. The van der Waals surface area contributed by atoms with E-state index in [9.17, 15) is 9.59 Å². The van der Waals surface area contributed by atoms with E-state index in [1.165, 1.54) is 11.8 Å². The number of halogens is 1. The topological polar surface area (TPSA) is 101 Å². The lowest BCUT2D eigenvalue weighted by Crippen LogP contribution is -2.23. The fourth-order valence-electron chi connectivity index (χ4n) is 2.21. The quantitative estimate of drug-likeness (QED) is 0.460. The molecule has 2 aromatic carbocycles. The molecule has 3 rings (SSSR count). The van der Waals surface area contributed by atoms with E-state index in [1.54, 1.807) is 36.4 Å². The monoisotopic (exact) mass is 386 g/mol. The highest BCUT2D eigenvalue weighted by Crippen LogP contribution is 2.22. The van der Waals surface area contributed by atoms with Crippen molar-refractivity contribution < 1.29 is 4.79 Å². The number of nitrogens with one attached hydrogen (secondary N) is 2. The Bertz CT molecular complexity index is 992. The molecular weight excluding hydrogens is 372 g/mol. The third-order valence-electron chi connectivity index (χ3n) is 3.46. The van der Waals surface area contributed by atoms with E-state index in [4.69, 9.17) is 17.3 Å². The lowest BCUT2D eigenvalue weighted by Gasteiger charge is -2.08. The summed E-state index contributed by atoms with van der Waals surface area (Å²) in [5, 5.41) is 3.51. The van der Waals surface area contributed by atoms with Gasteiger partial charge >= 0.3 is 0 Å². The average molecular weight is 387 g/mol. The molecule has 0 aliphatic heterocycles. The third-order valence-corrected chi connectivity index (χ3v) is 4.64. The van der Waals surface area contributed by atoms with E-state index in [1.807, 2.05) is 18.2 Å². The van der Waals surface area contributed by atoms with Gasteiger partial charge in [0, 0.05) is 16.3 Å². The molecule has 4 N–H and O–H groups in total. The van der Waals surface area contributed by atoms with Gasteiger partial charge in [-0.15, -0.1) is 0 Å². The van der Waals surface area contributed by atoms with Crippen molar-refractivity contribution in [3.05, 3.63) is 81.1 Å². The second-order valence-electron chi connectivity index (χ2n) is 5.37. The predicted molar refractivity (Wildman–Crippen MR) is 105 cm³/mol. The Labute approximate surface area is 158 Å². The Morgan fingerprint density at radius 2 is 1.96 bits per heavy atom. The summed E-state index contributed by atoms with van der Waals surface area (Å²) in [7, 11) is 0. The lowest BCUT2D eigenvalue weighted by atomic mass is 10.2. The van der Waals surface area contributed by atoms with Crippen molar-refractivity contribution in [1.82, 2.24) is 9.97 Å². The van der Waals surface area contributed by atoms with E-state index >= 15 is 0 Å². The van der Waals surface area contributed by atoms with Gasteiger partial charge in [-0.05, 0) is 29.8 Å². The number of benzene rings is 2. The van der Waals surface area contributed by atoms with E-state index in [0.717, 1.165) is 5.56 Å². The Morgan fingerprint density at radius 1 is 1.19 bits per heavy atom. The molecular formula is C18H15ClN4O2S. The molecule has 1 amide bonds. The molecule has 1 aromatic heterocycles. The summed E-state index contributed by atoms with van der Waals surface area (Å²) in [5.41, 5.74) is 6.71. The van der Waals surface area contributed by atoms with Crippen molar-refractivity contribution in [3.63, 3.8) is 0 Å². The van der Waals surface area contributed by atoms with E-state index < -0.39 is 11.5 Å². The standard InChI is InChI=1S/C18H15ClN4O2S/c19-13-8-4-5-11(9-13)10-26-18-22-15(20)14(17(25)23-18)21-16(24)12-6-2-1-3-7-12/h1-9H,10H2,(H,21,24)(H3,20,22,23,25). The van der Waals surface area contributed by atoms with Gasteiger partial charge in [0.05, 0.1) is 0 Å². The van der Waals surface area contributed by atoms with Crippen molar-refractivity contribution in [3.8, 4) is 0 Å². The Morgan fingerprint density at radius 3 is 2.65 bits per heavy atom. The van der Waals surface area contributed by atoms with Crippen molar-refractivity contribution in [1.29, 1.82) is 0 Å². The number of amides is 1. The molecule has 0 atom stereocenters. The van der Waals surface area contributed by atoms with Crippen molar-refractivity contribution >= 4 is 40.8 Å². The van der Waals surface area contributed by atoms with Gasteiger partial charge in [0.25, 0.3) is 11.5 Å². The molecule has 3 aromatic rings. The number of rotatable bonds is 5. The van der Waals surface area contributed by atoms with E-state index in [-0.39, 0.29) is 11.5 Å². The minimum Gasteiger partial charge on any atom is -0.382 e. The summed E-state index contributed by atoms with van der Waals surface area (Å²) in [6.45, 7) is 0. The summed E-state index contributed by atoms with van der Waals surface area (Å²) >= 11 is 7.27. The molecule has 0 radical (unpaired) electrons. The first-order valence-electron chi connectivity index (χ1n) is 7.66. The van der Waals surface area contributed by atoms with Crippen LogP contribution in [0.5, 0.6) is 0 Å². The van der Waals surface area contributed by atoms with Gasteiger partial charge in [-0.2, -0.15) is 0 Å². The molecule has 26 heavy (non-hydrogen) atoms. The second-order valence-corrected chi connectivity index (χ2v) is 6.77. The van der Waals surface area contributed by atoms with Crippen LogP contribution in [-0.2, 0) is 5.75 Å². The maximum absolute atomic E-state index is 12.3. The van der Waals surface area contributed by atoms with Crippen LogP contribution >= 0.6 is 23.4 Å². The number of thioether (sulfide) groups is 1. The summed E-state index contributed by atoms with van der Waals surface area (Å²) in [6, 6.07) is 15.9. The van der Waals surface area contributed by atoms with Gasteiger partial charge in [0.1, 0.15) is 5.69 Å². The van der Waals surface area contributed by atoms with Crippen LogP contribution in [0.2, 0.25) is 5.02 Å². The molecule has 0 saturated heterocycles. The normalized spacial score (nSPS) is 10.5. The fourth-order valence-corrected chi connectivity index (χ4v) is 3.24. The lowest BCUT2D eigenvalue weighted by molar-refractivity contribution is 0.102. The number of carbonyl (C=O) groups is 1. The van der Waals surface area contributed by atoms with Crippen LogP contribution in [0.1, 0.15) is 15.9 Å². The smallest absolute Gasteiger partial charge is 0.277 e. The maximum Gasteiger partial charge on any atom is 0.277 e. The number of H-pyrrole nitrogens is 1. The number of nitrogens with zero attached hydrogens (tertiary/aromatic N) is 1. The molecule has 0 aliphatic rings. The summed E-state index contributed by atoms with van der Waals surface area (Å²) < 4.78 is 0. The number of hydrogen-bond donors (Lipinski definition) is 3. The molecule has 0 aliphatic carbocycles. The molecule has 132 valence electrons. The van der Waals surface area contributed by atoms with E-state index in [2.05, 4.69) is 15.3 Å². The number of anilines is 2. The zero-order valence-corrected chi connectivity index (χ0v) is 15.1. The first kappa shape index (κ1) is 18.0. The number of hydrogen-bond acceptors (Lipinski definition) is 5. The highest BCUT2D eigenvalue weighted by molar-refractivity contribution is 7.98. The van der Waals surface area contributed by atoms with Crippen LogP contribution in [0.3, 0.4) is 0 Å². The highest BCUT2D eigenvalue weighted by Gasteiger charge is 2.14. The third kappa shape index (κ3) is 4.44. The van der Waals surface area contributed by atoms with Crippen molar-refractivity contribution in [2.45, 2.75) is 10.9 Å². The fraction of sp³-hybridized carbons (Fsp3) is 0.0556. The number of aromatic nitrogens is 2. The molecule has 0 bridgehead atoms. The number of nitrogens with two attached hydrogens (primary N) is 1. The number of aromatic amines is 1. The molecule has 0 spiro atoms. The zero-order chi connectivity index (χ0) is 18.5. The van der Waals surface area contributed by atoms with E-state index in [0.29, 0.717) is 21.5 Å². The highest BCUT2D eigenvalue weighted by atomic mass is 35.5. The van der Waals surface area contributed by atoms with Crippen LogP contribution < -0.4 is 16.6 Å². The van der Waals surface area contributed by atoms with Crippen molar-refractivity contribution in [2.75, 3.05) is 11.1 Å². The van der Waals surface area contributed by atoms with Crippen LogP contribution in [0.4, 0.5) is 11.5 Å². The number of carbonyl (C=O) groups excluding carboxylic acids is 1. The molecule has 0 unspecified atom stereocenters. The maximum atomic E-state index is 12.3. The van der Waals surface area contributed by atoms with Crippen LogP contribution in [0.25, 0.3) is 0 Å². The van der Waals surface area contributed by atoms with Crippen LogP contribution in [0, 0.1) is 0 Å². The first-order chi connectivity index (χ1) is 12.5. The molecule has 0 fully saturated rings. The van der Waals surface area contributed by atoms with Gasteiger partial charge in [0.15, 0.2) is 11.0 Å². The van der Waals surface area contributed by atoms with Crippen LogP contribution in [0.15, 0.2) is 64.5 Å². The van der Waals surface area contributed by atoms with Gasteiger partial charge in [-0.3, -0.25) is 14.6 Å². The Balaban J connectivity index is 1.74. The van der Waals surface area contributed by atoms with Gasteiger partial charge in [0.2, 0.25) is 0 Å². The van der Waals surface area contributed by atoms with Gasteiger partial charge in [-0.25, -0.2) is 4.98 Å². The minimum atomic E-state index is -0.504. The molecule has 6 nitrogen and oxygen atoms in total. The second kappa shape index (κ2) is 8.07. The zero-order valence-electron chi connectivity index (χ0n) is 13.5. The Kier molecular flexibility index (Phi) is 5.60. The largest absolute Gasteiger partial charge is 0.382 e. The molecule has 1 heterocycles. The Hall–Kier alpha value is -2.77. The minimum absolute atomic E-state index is 0.0355. The van der Waals surface area contributed by atoms with Gasteiger partial charge in [-0.1, -0.05) is 53.7 Å². The van der Waals surface area contributed by atoms with Crippen LogP contribution in [-0.4, -0.2) is 15.9 Å². The molecule has 8 heteroatoms.